The van der Waals surface area contributed by atoms with E-state index in [1.54, 1.807) is 6.92 Å². The molecule has 5 nitrogen and oxygen atoms in total. The van der Waals surface area contributed by atoms with Gasteiger partial charge in [-0.15, -0.1) is 0 Å². The van der Waals surface area contributed by atoms with E-state index in [9.17, 15) is 4.79 Å². The predicted molar refractivity (Wildman–Crippen MR) is 63.3 cm³/mol. The molecule has 86 valence electrons. The Morgan fingerprint density at radius 3 is 2.75 bits per heavy atom. The third kappa shape index (κ3) is 2.27. The van der Waals surface area contributed by atoms with E-state index in [0.29, 0.717) is 11.6 Å². The molecule has 1 N–H and O–H groups in total. The van der Waals surface area contributed by atoms with Crippen molar-refractivity contribution in [3.8, 4) is 0 Å². The summed E-state index contributed by atoms with van der Waals surface area (Å²) in [7, 11) is 0. The third-order valence-electron chi connectivity index (χ3n) is 2.49. The average Bonchev–Trinajstić information content (AvgIpc) is 2.29. The summed E-state index contributed by atoms with van der Waals surface area (Å²) in [5.74, 6) is 1.81. The Morgan fingerprint density at radius 1 is 1.50 bits per heavy atom. The number of carboxylic acid groups (broad SMARTS) is 1. The molecule has 1 fully saturated rings. The van der Waals surface area contributed by atoms with Gasteiger partial charge in [0.2, 0.25) is 5.95 Å². The van der Waals surface area contributed by atoms with E-state index in [0.717, 1.165) is 24.6 Å². The number of carboxylic acids is 1. The van der Waals surface area contributed by atoms with Crippen LogP contribution >= 0.6 is 11.8 Å². The van der Waals surface area contributed by atoms with Crippen molar-refractivity contribution in [2.75, 3.05) is 29.5 Å². The minimum absolute atomic E-state index is 0.176. The van der Waals surface area contributed by atoms with Crippen LogP contribution in [0.2, 0.25) is 0 Å². The quantitative estimate of drug-likeness (QED) is 0.831. The molecule has 1 saturated heterocycles. The summed E-state index contributed by atoms with van der Waals surface area (Å²) < 4.78 is 0. The molecular formula is C10H13N3O2S. The first-order valence-electron chi connectivity index (χ1n) is 5.08. The van der Waals surface area contributed by atoms with E-state index >= 15 is 0 Å². The smallest absolute Gasteiger partial charge is 0.339 e. The van der Waals surface area contributed by atoms with Gasteiger partial charge in [0, 0.05) is 30.8 Å². The number of nitrogens with zero attached hydrogens (tertiary/aromatic N) is 3. The summed E-state index contributed by atoms with van der Waals surface area (Å²) in [6.45, 7) is 3.56. The van der Waals surface area contributed by atoms with Crippen LogP contribution in [0, 0.1) is 6.92 Å². The number of hydrogen-bond donors (Lipinski definition) is 1. The fourth-order valence-electron chi connectivity index (χ4n) is 1.58. The first kappa shape index (κ1) is 11.2. The second-order valence-electron chi connectivity index (χ2n) is 3.57. The van der Waals surface area contributed by atoms with Gasteiger partial charge in [-0.2, -0.15) is 11.8 Å². The Kier molecular flexibility index (Phi) is 3.28. The molecular weight excluding hydrogens is 226 g/mol. The molecule has 0 amide bonds. The Labute approximate surface area is 97.9 Å². The number of carbonyl (C=O) groups is 1. The summed E-state index contributed by atoms with van der Waals surface area (Å²) in [5, 5.41) is 8.87. The van der Waals surface area contributed by atoms with Crippen molar-refractivity contribution in [3.63, 3.8) is 0 Å². The van der Waals surface area contributed by atoms with E-state index in [-0.39, 0.29) is 5.56 Å². The minimum Gasteiger partial charge on any atom is -0.478 e. The molecule has 1 aliphatic heterocycles. The summed E-state index contributed by atoms with van der Waals surface area (Å²) >= 11 is 1.91. The van der Waals surface area contributed by atoms with Crippen LogP contribution in [0.1, 0.15) is 16.1 Å². The lowest BCUT2D eigenvalue weighted by Gasteiger charge is -2.26. The van der Waals surface area contributed by atoms with Gasteiger partial charge in [-0.3, -0.25) is 0 Å². The third-order valence-corrected chi connectivity index (χ3v) is 3.43. The van der Waals surface area contributed by atoms with Crippen molar-refractivity contribution in [1.82, 2.24) is 9.97 Å². The highest BCUT2D eigenvalue weighted by Gasteiger charge is 2.16. The van der Waals surface area contributed by atoms with E-state index in [4.69, 9.17) is 5.11 Å². The van der Waals surface area contributed by atoms with Gasteiger partial charge in [0.25, 0.3) is 0 Å². The van der Waals surface area contributed by atoms with E-state index in [2.05, 4.69) is 14.9 Å². The lowest BCUT2D eigenvalue weighted by molar-refractivity contribution is 0.0695. The number of anilines is 1. The SMILES string of the molecule is Cc1nc(N2CCSCC2)ncc1C(=O)O. The number of rotatable bonds is 2. The zero-order chi connectivity index (χ0) is 11.5. The Balaban J connectivity index is 2.23. The number of hydrogen-bond acceptors (Lipinski definition) is 5. The van der Waals surface area contributed by atoms with Crippen LogP contribution in [0.25, 0.3) is 0 Å². The number of thioether (sulfide) groups is 1. The van der Waals surface area contributed by atoms with Crippen LogP contribution in [0.15, 0.2) is 6.20 Å². The van der Waals surface area contributed by atoms with Crippen LogP contribution in [-0.4, -0.2) is 45.6 Å². The Morgan fingerprint density at radius 2 is 2.19 bits per heavy atom. The van der Waals surface area contributed by atoms with Crippen molar-refractivity contribution in [1.29, 1.82) is 0 Å². The zero-order valence-corrected chi connectivity index (χ0v) is 9.83. The van der Waals surface area contributed by atoms with Crippen LogP contribution in [0.5, 0.6) is 0 Å². The molecule has 0 unspecified atom stereocenters. The van der Waals surface area contributed by atoms with Crippen molar-refractivity contribution in [2.24, 2.45) is 0 Å². The molecule has 2 heterocycles. The largest absolute Gasteiger partial charge is 0.478 e. The molecule has 16 heavy (non-hydrogen) atoms. The van der Waals surface area contributed by atoms with Gasteiger partial charge in [-0.05, 0) is 6.92 Å². The fraction of sp³-hybridized carbons (Fsp3) is 0.500. The van der Waals surface area contributed by atoms with Crippen LogP contribution in [0.3, 0.4) is 0 Å². The highest BCUT2D eigenvalue weighted by Crippen LogP contribution is 2.16. The normalized spacial score (nSPS) is 16.2. The molecule has 0 aliphatic carbocycles. The average molecular weight is 239 g/mol. The fourth-order valence-corrected chi connectivity index (χ4v) is 2.48. The topological polar surface area (TPSA) is 66.3 Å². The van der Waals surface area contributed by atoms with E-state index < -0.39 is 5.97 Å². The van der Waals surface area contributed by atoms with Gasteiger partial charge in [0.15, 0.2) is 0 Å². The van der Waals surface area contributed by atoms with Gasteiger partial charge in [-0.25, -0.2) is 14.8 Å². The van der Waals surface area contributed by atoms with Gasteiger partial charge in [0.1, 0.15) is 0 Å². The standard InChI is InChI=1S/C10H13N3O2S/c1-7-8(9(14)15)6-11-10(12-7)13-2-4-16-5-3-13/h6H,2-5H2,1H3,(H,14,15). The lowest BCUT2D eigenvalue weighted by Crippen LogP contribution is -2.34. The maximum absolute atomic E-state index is 10.8. The maximum atomic E-state index is 10.8. The van der Waals surface area contributed by atoms with Crippen molar-refractivity contribution < 1.29 is 9.90 Å². The van der Waals surface area contributed by atoms with Crippen molar-refractivity contribution in [3.05, 3.63) is 17.5 Å². The van der Waals surface area contributed by atoms with Crippen LogP contribution in [0.4, 0.5) is 5.95 Å². The lowest BCUT2D eigenvalue weighted by atomic mass is 10.2. The molecule has 6 heteroatoms. The van der Waals surface area contributed by atoms with Crippen molar-refractivity contribution >= 4 is 23.7 Å². The molecule has 1 aromatic heterocycles. The number of aromatic carboxylic acids is 1. The minimum atomic E-state index is -0.974. The molecule has 2 rings (SSSR count). The molecule has 0 atom stereocenters. The van der Waals surface area contributed by atoms with E-state index in [1.165, 1.54) is 6.20 Å². The van der Waals surface area contributed by atoms with Gasteiger partial charge < -0.3 is 10.0 Å². The summed E-state index contributed by atoms with van der Waals surface area (Å²) in [6.07, 6.45) is 1.39. The highest BCUT2D eigenvalue weighted by atomic mass is 32.2. The summed E-state index contributed by atoms with van der Waals surface area (Å²) in [5.41, 5.74) is 0.700. The molecule has 1 aromatic rings. The Bertz CT molecular complexity index is 405. The summed E-state index contributed by atoms with van der Waals surface area (Å²) in [6, 6.07) is 0. The maximum Gasteiger partial charge on any atom is 0.339 e. The molecule has 0 spiro atoms. The van der Waals surface area contributed by atoms with Crippen LogP contribution < -0.4 is 4.90 Å². The Hall–Kier alpha value is -1.30. The van der Waals surface area contributed by atoms with Crippen LogP contribution in [-0.2, 0) is 0 Å². The second-order valence-corrected chi connectivity index (χ2v) is 4.80. The molecule has 0 aromatic carbocycles. The first-order chi connectivity index (χ1) is 7.68. The first-order valence-corrected chi connectivity index (χ1v) is 6.23. The predicted octanol–water partition coefficient (Wildman–Crippen LogP) is 1.04. The molecule has 0 saturated carbocycles. The number of aromatic nitrogens is 2. The van der Waals surface area contributed by atoms with Gasteiger partial charge >= 0.3 is 5.97 Å². The van der Waals surface area contributed by atoms with Gasteiger partial charge in [0.05, 0.1) is 11.3 Å². The zero-order valence-electron chi connectivity index (χ0n) is 9.01. The second kappa shape index (κ2) is 4.69. The van der Waals surface area contributed by atoms with Gasteiger partial charge in [-0.1, -0.05) is 0 Å². The molecule has 1 aliphatic rings. The molecule has 0 bridgehead atoms. The van der Waals surface area contributed by atoms with E-state index in [1.807, 2.05) is 11.8 Å². The summed E-state index contributed by atoms with van der Waals surface area (Å²) in [4.78, 5) is 21.3. The number of aryl methyl sites for hydroxylation is 1. The van der Waals surface area contributed by atoms with Crippen molar-refractivity contribution in [2.45, 2.75) is 6.92 Å². The monoisotopic (exact) mass is 239 g/mol. The molecule has 0 radical (unpaired) electrons. The highest BCUT2D eigenvalue weighted by molar-refractivity contribution is 7.99.